The molecular formula is C25H21NO. The Bertz CT molecular complexity index is 1310. The molecule has 0 aliphatic carbocycles. The van der Waals surface area contributed by atoms with Gasteiger partial charge in [0.1, 0.15) is 11.1 Å². The molecule has 0 unspecified atom stereocenters. The molecule has 5 aromatic rings. The van der Waals surface area contributed by atoms with Crippen LogP contribution in [-0.2, 0) is 6.42 Å². The van der Waals surface area contributed by atoms with Gasteiger partial charge in [-0.05, 0) is 50.1 Å². The van der Waals surface area contributed by atoms with Crippen LogP contribution in [-0.4, -0.2) is 4.98 Å². The van der Waals surface area contributed by atoms with E-state index in [1.807, 2.05) is 18.2 Å². The number of hydrogen-bond donors (Lipinski definition) is 0. The van der Waals surface area contributed by atoms with Crippen molar-refractivity contribution in [3.8, 4) is 0 Å². The Morgan fingerprint density at radius 2 is 1.56 bits per heavy atom. The predicted molar refractivity (Wildman–Crippen MR) is 112 cm³/mol. The third-order valence-electron chi connectivity index (χ3n) is 5.34. The fourth-order valence-electron chi connectivity index (χ4n) is 4.01. The predicted octanol–water partition coefficient (Wildman–Crippen LogP) is 6.65. The van der Waals surface area contributed by atoms with Crippen molar-refractivity contribution in [1.82, 2.24) is 4.98 Å². The van der Waals surface area contributed by atoms with Crippen LogP contribution in [0.25, 0.3) is 33.0 Å². The van der Waals surface area contributed by atoms with E-state index in [0.717, 1.165) is 34.0 Å². The van der Waals surface area contributed by atoms with Gasteiger partial charge >= 0.3 is 0 Å². The molecule has 0 saturated carbocycles. The topological polar surface area (TPSA) is 26.0 Å². The van der Waals surface area contributed by atoms with Crippen LogP contribution in [0, 0.1) is 20.8 Å². The van der Waals surface area contributed by atoms with Crippen LogP contribution in [0.15, 0.2) is 65.1 Å². The van der Waals surface area contributed by atoms with Crippen LogP contribution in [0.3, 0.4) is 0 Å². The number of aryl methyl sites for hydroxylation is 3. The molecule has 132 valence electrons. The highest BCUT2D eigenvalue weighted by Crippen LogP contribution is 2.36. The molecule has 3 aromatic carbocycles. The van der Waals surface area contributed by atoms with Gasteiger partial charge in [-0.1, -0.05) is 53.6 Å². The van der Waals surface area contributed by atoms with Crippen LogP contribution in [0.2, 0.25) is 0 Å². The van der Waals surface area contributed by atoms with Crippen molar-refractivity contribution in [3.05, 3.63) is 88.5 Å². The number of furan rings is 1. The summed E-state index contributed by atoms with van der Waals surface area (Å²) < 4.78 is 6.30. The molecular weight excluding hydrogens is 330 g/mol. The van der Waals surface area contributed by atoms with Gasteiger partial charge in [0.25, 0.3) is 0 Å². The second kappa shape index (κ2) is 5.95. The fourth-order valence-corrected chi connectivity index (χ4v) is 4.01. The van der Waals surface area contributed by atoms with E-state index < -0.39 is 0 Å². The van der Waals surface area contributed by atoms with Crippen molar-refractivity contribution < 1.29 is 4.42 Å². The molecule has 0 atom stereocenters. The Morgan fingerprint density at radius 1 is 0.778 bits per heavy atom. The van der Waals surface area contributed by atoms with Crippen molar-refractivity contribution >= 4 is 33.0 Å². The largest absolute Gasteiger partial charge is 0.454 e. The average Bonchev–Trinajstić information content (AvgIpc) is 3.03. The summed E-state index contributed by atoms with van der Waals surface area (Å²) in [6.45, 7) is 6.41. The van der Waals surface area contributed by atoms with Crippen LogP contribution >= 0.6 is 0 Å². The Balaban J connectivity index is 1.89. The van der Waals surface area contributed by atoms with E-state index in [2.05, 4.69) is 63.2 Å². The first-order valence-corrected chi connectivity index (χ1v) is 9.37. The summed E-state index contributed by atoms with van der Waals surface area (Å²) in [6, 6.07) is 21.4. The van der Waals surface area contributed by atoms with Crippen LogP contribution in [0.4, 0.5) is 0 Å². The Hall–Kier alpha value is -3.13. The molecule has 0 spiro atoms. The lowest BCUT2D eigenvalue weighted by atomic mass is 9.96. The highest BCUT2D eigenvalue weighted by atomic mass is 16.3. The van der Waals surface area contributed by atoms with Crippen molar-refractivity contribution in [2.75, 3.05) is 0 Å². The first kappa shape index (κ1) is 16.1. The van der Waals surface area contributed by atoms with Gasteiger partial charge in [-0.25, -0.2) is 4.98 Å². The molecule has 2 aromatic heterocycles. The van der Waals surface area contributed by atoms with E-state index in [0.29, 0.717) is 0 Å². The number of para-hydroxylation sites is 1. The standard InChI is InChI=1S/C25H21NO/c1-15-8-10-18(11-9-15)14-21-20-13-16(2)12-17(3)23(20)26-24-19-6-4-5-7-22(19)27-25(21)24/h4-13H,14H2,1-3H3. The molecule has 0 amide bonds. The third-order valence-corrected chi connectivity index (χ3v) is 5.34. The van der Waals surface area contributed by atoms with E-state index in [9.17, 15) is 0 Å². The maximum atomic E-state index is 6.30. The molecule has 0 radical (unpaired) electrons. The first-order valence-electron chi connectivity index (χ1n) is 9.37. The minimum Gasteiger partial charge on any atom is -0.454 e. The lowest BCUT2D eigenvalue weighted by Gasteiger charge is -2.11. The zero-order valence-corrected chi connectivity index (χ0v) is 15.8. The number of nitrogens with zero attached hydrogens (tertiary/aromatic N) is 1. The second-order valence-electron chi connectivity index (χ2n) is 7.51. The first-order chi connectivity index (χ1) is 13.1. The van der Waals surface area contributed by atoms with Gasteiger partial charge in [-0.15, -0.1) is 0 Å². The van der Waals surface area contributed by atoms with Gasteiger partial charge in [-0.2, -0.15) is 0 Å². The highest BCUT2D eigenvalue weighted by molar-refractivity contribution is 6.08. The summed E-state index contributed by atoms with van der Waals surface area (Å²) >= 11 is 0. The minimum atomic E-state index is 0.832. The molecule has 0 N–H and O–H groups in total. The molecule has 27 heavy (non-hydrogen) atoms. The maximum absolute atomic E-state index is 6.30. The number of benzene rings is 3. The number of aromatic nitrogens is 1. The Morgan fingerprint density at radius 3 is 2.37 bits per heavy atom. The summed E-state index contributed by atoms with van der Waals surface area (Å²) in [5.41, 5.74) is 10.1. The molecule has 0 aliphatic heterocycles. The highest BCUT2D eigenvalue weighted by Gasteiger charge is 2.17. The van der Waals surface area contributed by atoms with Crippen molar-refractivity contribution in [3.63, 3.8) is 0 Å². The number of hydrogen-bond acceptors (Lipinski definition) is 2. The monoisotopic (exact) mass is 351 g/mol. The number of pyridine rings is 1. The van der Waals surface area contributed by atoms with E-state index >= 15 is 0 Å². The van der Waals surface area contributed by atoms with Gasteiger partial charge in [0.05, 0.1) is 5.52 Å². The van der Waals surface area contributed by atoms with E-state index in [1.54, 1.807) is 0 Å². The molecule has 0 bridgehead atoms. The fraction of sp³-hybridized carbons (Fsp3) is 0.160. The molecule has 0 aliphatic rings. The molecule has 2 heteroatoms. The molecule has 2 heterocycles. The normalized spacial score (nSPS) is 11.7. The maximum Gasteiger partial charge on any atom is 0.158 e. The summed E-state index contributed by atoms with van der Waals surface area (Å²) in [5, 5.41) is 2.28. The SMILES string of the molecule is Cc1ccc(Cc2c3cc(C)cc(C)c3nc3c2oc2ccccc23)cc1. The number of fused-ring (bicyclic) bond motifs is 4. The zero-order chi connectivity index (χ0) is 18.5. The molecule has 2 nitrogen and oxygen atoms in total. The van der Waals surface area contributed by atoms with Crippen LogP contribution in [0.5, 0.6) is 0 Å². The van der Waals surface area contributed by atoms with Gasteiger partial charge in [0.15, 0.2) is 5.58 Å². The van der Waals surface area contributed by atoms with E-state index in [4.69, 9.17) is 9.40 Å². The van der Waals surface area contributed by atoms with Crippen molar-refractivity contribution in [1.29, 1.82) is 0 Å². The minimum absolute atomic E-state index is 0.832. The quantitative estimate of drug-likeness (QED) is 0.356. The Labute approximate surface area is 158 Å². The summed E-state index contributed by atoms with van der Waals surface area (Å²) in [5.74, 6) is 0. The van der Waals surface area contributed by atoms with E-state index in [1.165, 1.54) is 33.2 Å². The lowest BCUT2D eigenvalue weighted by Crippen LogP contribution is -1.96. The van der Waals surface area contributed by atoms with Crippen LogP contribution in [0.1, 0.15) is 27.8 Å². The van der Waals surface area contributed by atoms with E-state index in [-0.39, 0.29) is 0 Å². The summed E-state index contributed by atoms with van der Waals surface area (Å²) in [6.07, 6.45) is 0.832. The zero-order valence-electron chi connectivity index (χ0n) is 15.8. The van der Waals surface area contributed by atoms with Crippen molar-refractivity contribution in [2.24, 2.45) is 0 Å². The average molecular weight is 351 g/mol. The lowest BCUT2D eigenvalue weighted by molar-refractivity contribution is 0.664. The summed E-state index contributed by atoms with van der Waals surface area (Å²) in [7, 11) is 0. The Kier molecular flexibility index (Phi) is 3.54. The van der Waals surface area contributed by atoms with Gasteiger partial charge in [0.2, 0.25) is 0 Å². The van der Waals surface area contributed by atoms with Gasteiger partial charge in [-0.3, -0.25) is 0 Å². The third kappa shape index (κ3) is 2.60. The molecule has 0 saturated heterocycles. The molecule has 5 rings (SSSR count). The van der Waals surface area contributed by atoms with Gasteiger partial charge in [0, 0.05) is 22.8 Å². The van der Waals surface area contributed by atoms with Gasteiger partial charge < -0.3 is 4.42 Å². The number of rotatable bonds is 2. The second-order valence-corrected chi connectivity index (χ2v) is 7.51. The smallest absolute Gasteiger partial charge is 0.158 e. The molecule has 0 fully saturated rings. The van der Waals surface area contributed by atoms with Crippen molar-refractivity contribution in [2.45, 2.75) is 27.2 Å². The van der Waals surface area contributed by atoms with Crippen LogP contribution < -0.4 is 0 Å². The summed E-state index contributed by atoms with van der Waals surface area (Å²) in [4.78, 5) is 5.03.